The molecular weight excluding hydrogens is 223 g/mol. The van der Waals surface area contributed by atoms with Gasteiger partial charge in [-0.3, -0.25) is 9.59 Å². The third-order valence-electron chi connectivity index (χ3n) is 2.64. The van der Waals surface area contributed by atoms with E-state index in [0.29, 0.717) is 12.8 Å². The van der Waals surface area contributed by atoms with Gasteiger partial charge in [0.15, 0.2) is 0 Å². The lowest BCUT2D eigenvalue weighted by Gasteiger charge is -2.28. The largest absolute Gasteiger partial charge is 0.368 e. The van der Waals surface area contributed by atoms with Gasteiger partial charge < -0.3 is 10.6 Å². The van der Waals surface area contributed by atoms with E-state index >= 15 is 0 Å². The number of benzene rings is 1. The van der Waals surface area contributed by atoms with Crippen molar-refractivity contribution in [3.8, 4) is 0 Å². The minimum absolute atomic E-state index is 0.258. The fourth-order valence-electron chi connectivity index (χ4n) is 1.64. The second-order valence-corrected chi connectivity index (χ2v) is 3.69. The van der Waals surface area contributed by atoms with Gasteiger partial charge in [0.05, 0.1) is 5.69 Å². The maximum Gasteiger partial charge on any atom is 0.239 e. The minimum atomic E-state index is -0.600. The molecule has 1 atom stereocenters. The molecule has 2 N–H and O–H groups in total. The molecule has 92 valence electrons. The average Bonchev–Trinajstić information content (AvgIpc) is 2.31. The molecule has 1 aromatic carbocycles. The normalized spacial score (nSPS) is 11.9. The monoisotopic (exact) mass is 238 g/mol. The second kappa shape index (κ2) is 5.43. The van der Waals surface area contributed by atoms with Crippen molar-refractivity contribution in [2.45, 2.75) is 19.9 Å². The Hall–Kier alpha value is -1.91. The fourth-order valence-corrected chi connectivity index (χ4v) is 1.64. The number of carbonyl (C=O) groups is 2. The SMILES string of the molecule is CCN(c1ccc(C=O)cc1F)C(C)C(N)=O. The molecule has 0 aliphatic carbocycles. The van der Waals surface area contributed by atoms with Crippen molar-refractivity contribution in [1.29, 1.82) is 0 Å². The summed E-state index contributed by atoms with van der Waals surface area (Å²) in [6.07, 6.45) is 0.570. The molecule has 1 unspecified atom stereocenters. The lowest BCUT2D eigenvalue weighted by molar-refractivity contribution is -0.118. The highest BCUT2D eigenvalue weighted by Gasteiger charge is 2.20. The Labute approximate surface area is 99.2 Å². The number of nitrogens with two attached hydrogens (primary N) is 1. The zero-order valence-corrected chi connectivity index (χ0v) is 9.81. The fraction of sp³-hybridized carbons (Fsp3) is 0.333. The lowest BCUT2D eigenvalue weighted by Crippen LogP contribution is -2.43. The summed E-state index contributed by atoms with van der Waals surface area (Å²) in [7, 11) is 0. The van der Waals surface area contributed by atoms with Crippen LogP contribution in [0.2, 0.25) is 0 Å². The Morgan fingerprint density at radius 3 is 2.65 bits per heavy atom. The highest BCUT2D eigenvalue weighted by Crippen LogP contribution is 2.22. The van der Waals surface area contributed by atoms with Crippen molar-refractivity contribution in [1.82, 2.24) is 0 Å². The van der Waals surface area contributed by atoms with Gasteiger partial charge >= 0.3 is 0 Å². The van der Waals surface area contributed by atoms with Crippen LogP contribution in [0.3, 0.4) is 0 Å². The van der Waals surface area contributed by atoms with Crippen LogP contribution in [0, 0.1) is 5.82 Å². The Bertz CT molecular complexity index is 435. The van der Waals surface area contributed by atoms with E-state index in [0.717, 1.165) is 6.07 Å². The number of primary amides is 1. The molecule has 1 amide bonds. The van der Waals surface area contributed by atoms with Gasteiger partial charge in [-0.1, -0.05) is 0 Å². The number of nitrogens with zero attached hydrogens (tertiary/aromatic N) is 1. The van der Waals surface area contributed by atoms with Crippen LogP contribution in [0.4, 0.5) is 10.1 Å². The third-order valence-corrected chi connectivity index (χ3v) is 2.64. The number of carbonyl (C=O) groups excluding carboxylic acids is 2. The molecule has 0 aliphatic rings. The van der Waals surface area contributed by atoms with E-state index in [1.54, 1.807) is 18.7 Å². The topological polar surface area (TPSA) is 63.4 Å². The van der Waals surface area contributed by atoms with E-state index in [9.17, 15) is 14.0 Å². The number of likely N-dealkylation sites (N-methyl/N-ethyl adjacent to an activating group) is 1. The molecular formula is C12H15FN2O2. The Morgan fingerprint density at radius 1 is 1.59 bits per heavy atom. The first-order valence-electron chi connectivity index (χ1n) is 5.32. The van der Waals surface area contributed by atoms with E-state index in [2.05, 4.69) is 0 Å². The molecule has 0 bridgehead atoms. The zero-order valence-electron chi connectivity index (χ0n) is 9.81. The van der Waals surface area contributed by atoms with Gasteiger partial charge in [0.1, 0.15) is 18.1 Å². The number of rotatable bonds is 5. The summed E-state index contributed by atoms with van der Waals surface area (Å²) >= 11 is 0. The van der Waals surface area contributed by atoms with Crippen molar-refractivity contribution < 1.29 is 14.0 Å². The van der Waals surface area contributed by atoms with Crippen molar-refractivity contribution in [2.75, 3.05) is 11.4 Å². The van der Waals surface area contributed by atoms with Crippen LogP contribution < -0.4 is 10.6 Å². The highest BCUT2D eigenvalue weighted by molar-refractivity contribution is 5.83. The number of hydrogen-bond acceptors (Lipinski definition) is 3. The summed E-state index contributed by atoms with van der Waals surface area (Å²) in [5.41, 5.74) is 5.72. The first-order valence-corrected chi connectivity index (χ1v) is 5.32. The maximum atomic E-state index is 13.7. The molecule has 0 aliphatic heterocycles. The molecule has 0 saturated carbocycles. The van der Waals surface area contributed by atoms with Crippen molar-refractivity contribution in [3.05, 3.63) is 29.6 Å². The molecule has 0 heterocycles. The Balaban J connectivity index is 3.12. The van der Waals surface area contributed by atoms with Gasteiger partial charge in [-0.05, 0) is 32.0 Å². The van der Waals surface area contributed by atoms with Gasteiger partial charge in [0.2, 0.25) is 5.91 Å². The molecule has 1 rings (SSSR count). The summed E-state index contributed by atoms with van der Waals surface area (Å²) < 4.78 is 13.7. The third kappa shape index (κ3) is 2.81. The summed E-state index contributed by atoms with van der Waals surface area (Å²) in [4.78, 5) is 23.2. The molecule has 5 heteroatoms. The summed E-state index contributed by atoms with van der Waals surface area (Å²) in [5, 5.41) is 0. The van der Waals surface area contributed by atoms with Crippen LogP contribution in [0.25, 0.3) is 0 Å². The zero-order chi connectivity index (χ0) is 13.0. The van der Waals surface area contributed by atoms with Crippen LogP contribution >= 0.6 is 0 Å². The van der Waals surface area contributed by atoms with E-state index < -0.39 is 17.8 Å². The molecule has 4 nitrogen and oxygen atoms in total. The van der Waals surface area contributed by atoms with E-state index in [-0.39, 0.29) is 11.3 Å². The molecule has 17 heavy (non-hydrogen) atoms. The van der Waals surface area contributed by atoms with Gasteiger partial charge in [-0.25, -0.2) is 4.39 Å². The molecule has 0 radical (unpaired) electrons. The van der Waals surface area contributed by atoms with Gasteiger partial charge in [-0.15, -0.1) is 0 Å². The number of hydrogen-bond donors (Lipinski definition) is 1. The van der Waals surface area contributed by atoms with Gasteiger partial charge in [-0.2, -0.15) is 0 Å². The van der Waals surface area contributed by atoms with Crippen LogP contribution in [0.1, 0.15) is 24.2 Å². The minimum Gasteiger partial charge on any atom is -0.368 e. The molecule has 0 fully saturated rings. The Morgan fingerprint density at radius 2 is 2.24 bits per heavy atom. The van der Waals surface area contributed by atoms with Gasteiger partial charge in [0.25, 0.3) is 0 Å². The summed E-state index contributed by atoms with van der Waals surface area (Å²) in [6, 6.07) is 3.51. The van der Waals surface area contributed by atoms with E-state index in [4.69, 9.17) is 5.73 Å². The highest BCUT2D eigenvalue weighted by atomic mass is 19.1. The van der Waals surface area contributed by atoms with Crippen molar-refractivity contribution in [3.63, 3.8) is 0 Å². The number of halogens is 1. The summed E-state index contributed by atoms with van der Waals surface area (Å²) in [6.45, 7) is 3.85. The summed E-state index contributed by atoms with van der Waals surface area (Å²) in [5.74, 6) is -1.06. The van der Waals surface area contributed by atoms with E-state index in [1.165, 1.54) is 12.1 Å². The smallest absolute Gasteiger partial charge is 0.239 e. The predicted octanol–water partition coefficient (Wildman–Crippen LogP) is 1.34. The van der Waals surface area contributed by atoms with Crippen LogP contribution in [0.5, 0.6) is 0 Å². The molecule has 1 aromatic rings. The average molecular weight is 238 g/mol. The van der Waals surface area contributed by atoms with Crippen LogP contribution in [-0.2, 0) is 4.79 Å². The first kappa shape index (κ1) is 13.2. The Kier molecular flexibility index (Phi) is 4.20. The first-order chi connectivity index (χ1) is 8.01. The van der Waals surface area contributed by atoms with Crippen molar-refractivity contribution in [2.24, 2.45) is 5.73 Å². The molecule has 0 spiro atoms. The lowest BCUT2D eigenvalue weighted by atomic mass is 10.1. The number of anilines is 1. The second-order valence-electron chi connectivity index (χ2n) is 3.69. The number of amides is 1. The maximum absolute atomic E-state index is 13.7. The van der Waals surface area contributed by atoms with Crippen LogP contribution in [-0.4, -0.2) is 24.8 Å². The molecule has 0 aromatic heterocycles. The number of aldehydes is 1. The molecule has 0 saturated heterocycles. The predicted molar refractivity (Wildman–Crippen MR) is 63.5 cm³/mol. The van der Waals surface area contributed by atoms with Crippen molar-refractivity contribution >= 4 is 17.9 Å². The van der Waals surface area contributed by atoms with Gasteiger partial charge in [0, 0.05) is 12.1 Å². The quantitative estimate of drug-likeness (QED) is 0.787. The van der Waals surface area contributed by atoms with Crippen LogP contribution in [0.15, 0.2) is 18.2 Å². The van der Waals surface area contributed by atoms with E-state index in [1.807, 2.05) is 0 Å². The standard InChI is InChI=1S/C12H15FN2O2/c1-3-15(8(2)12(14)17)11-5-4-9(7-16)6-10(11)13/h4-8H,3H2,1-2H3,(H2,14,17).